The summed E-state index contributed by atoms with van der Waals surface area (Å²) in [6.45, 7) is 6.72. The number of amides is 1. The van der Waals surface area contributed by atoms with Gasteiger partial charge in [-0.2, -0.15) is 0 Å². The molecule has 3 aromatic rings. The predicted molar refractivity (Wildman–Crippen MR) is 108 cm³/mol. The van der Waals surface area contributed by atoms with Crippen LogP contribution in [0.4, 0.5) is 5.69 Å². The lowest BCUT2D eigenvalue weighted by Crippen LogP contribution is -2.43. The molecule has 1 aromatic heterocycles. The lowest BCUT2D eigenvalue weighted by atomic mass is 10.2. The molecule has 6 nitrogen and oxygen atoms in total. The quantitative estimate of drug-likeness (QED) is 0.683. The third-order valence-electron chi connectivity index (χ3n) is 4.54. The summed E-state index contributed by atoms with van der Waals surface area (Å²) in [6.07, 6.45) is 0.198. The normalized spacial score (nSPS) is 10.8. The second kappa shape index (κ2) is 8.03. The summed E-state index contributed by atoms with van der Waals surface area (Å²) in [5.74, 6) is 0.467. The zero-order valence-electron chi connectivity index (χ0n) is 15.9. The molecule has 0 bridgehead atoms. The molecule has 0 radical (unpaired) electrons. The molecule has 0 atom stereocenters. The summed E-state index contributed by atoms with van der Waals surface area (Å²) in [6, 6.07) is 15.2. The molecule has 0 aliphatic rings. The van der Waals surface area contributed by atoms with Crippen molar-refractivity contribution in [2.75, 3.05) is 11.6 Å². The molecule has 3 rings (SSSR count). The maximum absolute atomic E-state index is 12.7. The number of nitrogens with zero attached hydrogens (tertiary/aromatic N) is 3. The van der Waals surface area contributed by atoms with Gasteiger partial charge in [-0.15, -0.1) is 0 Å². The molecule has 1 heterocycles. The molecule has 0 saturated carbocycles. The molecule has 140 valence electrons. The number of fused-ring (bicyclic) bond motifs is 1. The maximum atomic E-state index is 12.7. The van der Waals surface area contributed by atoms with E-state index in [2.05, 4.69) is 10.4 Å². The molecule has 0 aliphatic heterocycles. The minimum atomic E-state index is -0.142. The smallest absolute Gasteiger partial charge is 0.261 e. The van der Waals surface area contributed by atoms with Crippen molar-refractivity contribution in [3.63, 3.8) is 0 Å². The van der Waals surface area contributed by atoms with Crippen molar-refractivity contribution in [2.45, 2.75) is 33.7 Å². The van der Waals surface area contributed by atoms with Crippen molar-refractivity contribution in [2.24, 2.45) is 0 Å². The van der Waals surface area contributed by atoms with Crippen LogP contribution >= 0.6 is 0 Å². The zero-order valence-corrected chi connectivity index (χ0v) is 15.9. The molecule has 6 heteroatoms. The van der Waals surface area contributed by atoms with Crippen molar-refractivity contribution >= 4 is 22.5 Å². The first-order chi connectivity index (χ1) is 13.0. The minimum Gasteiger partial charge on any atom is -0.296 e. The van der Waals surface area contributed by atoms with Crippen molar-refractivity contribution < 1.29 is 4.79 Å². The van der Waals surface area contributed by atoms with Crippen LogP contribution in [0.25, 0.3) is 10.9 Å². The van der Waals surface area contributed by atoms with Gasteiger partial charge >= 0.3 is 0 Å². The SMILES string of the molecule is CCN(NC(=O)CCn1c(C)nc2ccccc2c1=O)c1ccc(C)cc1. The molecule has 1 N–H and O–H groups in total. The Kier molecular flexibility index (Phi) is 5.54. The number of carbonyl (C=O) groups is 1. The number of nitrogens with one attached hydrogen (secondary N) is 1. The number of hydrogen-bond donors (Lipinski definition) is 1. The fourth-order valence-electron chi connectivity index (χ4n) is 3.01. The van der Waals surface area contributed by atoms with Crippen molar-refractivity contribution in [1.82, 2.24) is 15.0 Å². The van der Waals surface area contributed by atoms with Crippen LogP contribution in [-0.4, -0.2) is 22.0 Å². The van der Waals surface area contributed by atoms with Crippen molar-refractivity contribution in [3.8, 4) is 0 Å². The topological polar surface area (TPSA) is 67.2 Å². The standard InChI is InChI=1S/C21H24N4O2/c1-4-25(17-11-9-15(2)10-12-17)23-20(26)13-14-24-16(3)22-19-8-6-5-7-18(19)21(24)27/h5-12H,4,13-14H2,1-3H3,(H,23,26). The van der Waals surface area contributed by atoms with E-state index in [0.717, 1.165) is 5.69 Å². The number of anilines is 1. The van der Waals surface area contributed by atoms with Gasteiger partial charge in [0, 0.05) is 19.5 Å². The number of aromatic nitrogens is 2. The number of aryl methyl sites for hydroxylation is 2. The highest BCUT2D eigenvalue weighted by Crippen LogP contribution is 2.13. The van der Waals surface area contributed by atoms with Crippen LogP contribution in [0.3, 0.4) is 0 Å². The average Bonchev–Trinajstić information content (AvgIpc) is 2.66. The molecule has 1 amide bonds. The maximum Gasteiger partial charge on any atom is 0.261 e. The first-order valence-electron chi connectivity index (χ1n) is 9.09. The second-order valence-corrected chi connectivity index (χ2v) is 6.50. The number of benzene rings is 2. The Hall–Kier alpha value is -3.15. The van der Waals surface area contributed by atoms with Gasteiger partial charge in [0.25, 0.3) is 5.56 Å². The summed E-state index contributed by atoms with van der Waals surface area (Å²) in [5, 5.41) is 2.37. The van der Waals surface area contributed by atoms with E-state index in [-0.39, 0.29) is 17.9 Å². The van der Waals surface area contributed by atoms with Gasteiger partial charge in [0.1, 0.15) is 5.82 Å². The Morgan fingerprint density at radius 1 is 1.11 bits per heavy atom. The zero-order chi connectivity index (χ0) is 19.4. The number of para-hydroxylation sites is 1. The Balaban J connectivity index is 1.71. The summed E-state index contributed by atoms with van der Waals surface area (Å²) in [5.41, 5.74) is 5.57. The van der Waals surface area contributed by atoms with Crippen LogP contribution in [0.15, 0.2) is 53.3 Å². The van der Waals surface area contributed by atoms with Gasteiger partial charge in [-0.25, -0.2) is 4.98 Å². The molecule has 0 unspecified atom stereocenters. The van der Waals surface area contributed by atoms with E-state index in [1.54, 1.807) is 22.6 Å². The monoisotopic (exact) mass is 364 g/mol. The third-order valence-corrected chi connectivity index (χ3v) is 4.54. The summed E-state index contributed by atoms with van der Waals surface area (Å²) < 4.78 is 1.56. The molecule has 2 aromatic carbocycles. The summed E-state index contributed by atoms with van der Waals surface area (Å²) in [4.78, 5) is 29.6. The van der Waals surface area contributed by atoms with E-state index in [1.165, 1.54) is 5.56 Å². The number of carbonyl (C=O) groups excluding carboxylic acids is 1. The Morgan fingerprint density at radius 2 is 1.81 bits per heavy atom. The first kappa shape index (κ1) is 18.6. The van der Waals surface area contributed by atoms with E-state index < -0.39 is 0 Å². The predicted octanol–water partition coefficient (Wildman–Crippen LogP) is 2.96. The Bertz CT molecular complexity index is 1010. The Labute approximate surface area is 158 Å². The highest BCUT2D eigenvalue weighted by Gasteiger charge is 2.12. The van der Waals surface area contributed by atoms with Crippen LogP contribution in [0, 0.1) is 13.8 Å². The number of hydrogen-bond acceptors (Lipinski definition) is 4. The molecule has 0 saturated heterocycles. The number of hydrazine groups is 1. The fraction of sp³-hybridized carbons (Fsp3) is 0.286. The third kappa shape index (κ3) is 4.16. The molecular formula is C21H24N4O2. The van der Waals surface area contributed by atoms with Gasteiger partial charge < -0.3 is 0 Å². The molecule has 0 fully saturated rings. The van der Waals surface area contributed by atoms with E-state index >= 15 is 0 Å². The molecule has 0 spiro atoms. The first-order valence-corrected chi connectivity index (χ1v) is 9.09. The van der Waals surface area contributed by atoms with Crippen LogP contribution in [0.1, 0.15) is 24.7 Å². The lowest BCUT2D eigenvalue weighted by molar-refractivity contribution is -0.121. The summed E-state index contributed by atoms with van der Waals surface area (Å²) >= 11 is 0. The van der Waals surface area contributed by atoms with Crippen LogP contribution in [0.5, 0.6) is 0 Å². The van der Waals surface area contributed by atoms with Gasteiger partial charge in [0.15, 0.2) is 0 Å². The van der Waals surface area contributed by atoms with Crippen LogP contribution < -0.4 is 16.0 Å². The summed E-state index contributed by atoms with van der Waals surface area (Å²) in [7, 11) is 0. The van der Waals surface area contributed by atoms with Crippen molar-refractivity contribution in [3.05, 3.63) is 70.3 Å². The molecule has 0 aliphatic carbocycles. The van der Waals surface area contributed by atoms with Gasteiger partial charge in [-0.3, -0.25) is 24.6 Å². The lowest BCUT2D eigenvalue weighted by Gasteiger charge is -2.24. The highest BCUT2D eigenvalue weighted by molar-refractivity contribution is 5.78. The highest BCUT2D eigenvalue weighted by atomic mass is 16.2. The van der Waals surface area contributed by atoms with Crippen LogP contribution in [0.2, 0.25) is 0 Å². The van der Waals surface area contributed by atoms with Crippen molar-refractivity contribution in [1.29, 1.82) is 0 Å². The van der Waals surface area contributed by atoms with Gasteiger partial charge in [0.05, 0.1) is 16.6 Å². The molecular weight excluding hydrogens is 340 g/mol. The molecule has 27 heavy (non-hydrogen) atoms. The largest absolute Gasteiger partial charge is 0.296 e. The van der Waals surface area contributed by atoms with E-state index in [0.29, 0.717) is 29.8 Å². The van der Waals surface area contributed by atoms with Gasteiger partial charge in [-0.1, -0.05) is 29.8 Å². The van der Waals surface area contributed by atoms with E-state index in [9.17, 15) is 9.59 Å². The van der Waals surface area contributed by atoms with E-state index in [4.69, 9.17) is 0 Å². The van der Waals surface area contributed by atoms with Gasteiger partial charge in [0.2, 0.25) is 5.91 Å². The Morgan fingerprint density at radius 3 is 2.52 bits per heavy atom. The second-order valence-electron chi connectivity index (χ2n) is 6.50. The number of rotatable bonds is 6. The van der Waals surface area contributed by atoms with Gasteiger partial charge in [-0.05, 0) is 45.0 Å². The van der Waals surface area contributed by atoms with E-state index in [1.807, 2.05) is 56.3 Å². The minimum absolute atomic E-state index is 0.114. The average molecular weight is 364 g/mol. The van der Waals surface area contributed by atoms with Crippen LogP contribution in [-0.2, 0) is 11.3 Å². The fourth-order valence-corrected chi connectivity index (χ4v) is 3.01.